The van der Waals surface area contributed by atoms with Crippen molar-refractivity contribution in [2.24, 2.45) is 5.16 Å². The SMILES string of the molecule is CCc1ccc(OCCOc2ccccc2C=NO)cc1. The van der Waals surface area contributed by atoms with Crippen LogP contribution in [-0.4, -0.2) is 24.6 Å². The lowest BCUT2D eigenvalue weighted by Crippen LogP contribution is -2.10. The van der Waals surface area contributed by atoms with Gasteiger partial charge in [-0.15, -0.1) is 0 Å². The topological polar surface area (TPSA) is 51.0 Å². The Morgan fingerprint density at radius 3 is 2.43 bits per heavy atom. The number of aryl methyl sites for hydroxylation is 1. The molecule has 110 valence electrons. The van der Waals surface area contributed by atoms with Crippen LogP contribution in [0.25, 0.3) is 0 Å². The van der Waals surface area contributed by atoms with Gasteiger partial charge in [-0.1, -0.05) is 36.3 Å². The van der Waals surface area contributed by atoms with Crippen LogP contribution in [0.5, 0.6) is 11.5 Å². The second kappa shape index (κ2) is 7.94. The average molecular weight is 285 g/mol. The molecular weight excluding hydrogens is 266 g/mol. The predicted molar refractivity (Wildman–Crippen MR) is 82.6 cm³/mol. The van der Waals surface area contributed by atoms with E-state index >= 15 is 0 Å². The van der Waals surface area contributed by atoms with Crippen LogP contribution in [0.15, 0.2) is 53.7 Å². The number of benzene rings is 2. The van der Waals surface area contributed by atoms with Gasteiger partial charge in [0.25, 0.3) is 0 Å². The fourth-order valence-electron chi connectivity index (χ4n) is 1.91. The number of hydrogen-bond donors (Lipinski definition) is 1. The number of para-hydroxylation sites is 1. The molecule has 0 aliphatic heterocycles. The third-order valence-corrected chi connectivity index (χ3v) is 3.06. The molecule has 4 nitrogen and oxygen atoms in total. The van der Waals surface area contributed by atoms with E-state index in [0.717, 1.165) is 17.7 Å². The molecule has 0 spiro atoms. The summed E-state index contributed by atoms with van der Waals surface area (Å²) in [5, 5.41) is 11.6. The third kappa shape index (κ3) is 4.53. The zero-order valence-corrected chi connectivity index (χ0v) is 12.0. The van der Waals surface area contributed by atoms with Crippen molar-refractivity contribution in [2.45, 2.75) is 13.3 Å². The first kappa shape index (κ1) is 14.9. The monoisotopic (exact) mass is 285 g/mol. The van der Waals surface area contributed by atoms with Crippen LogP contribution in [0.4, 0.5) is 0 Å². The first-order valence-corrected chi connectivity index (χ1v) is 6.94. The molecule has 0 fully saturated rings. The van der Waals surface area contributed by atoms with Crippen molar-refractivity contribution < 1.29 is 14.7 Å². The van der Waals surface area contributed by atoms with Gasteiger partial charge in [-0.2, -0.15) is 0 Å². The van der Waals surface area contributed by atoms with Crippen molar-refractivity contribution in [1.29, 1.82) is 0 Å². The summed E-state index contributed by atoms with van der Waals surface area (Å²) in [5.74, 6) is 1.50. The summed E-state index contributed by atoms with van der Waals surface area (Å²) >= 11 is 0. The van der Waals surface area contributed by atoms with Crippen molar-refractivity contribution >= 4 is 6.21 Å². The van der Waals surface area contributed by atoms with Gasteiger partial charge in [0.05, 0.1) is 6.21 Å². The van der Waals surface area contributed by atoms with Crippen LogP contribution in [0.2, 0.25) is 0 Å². The summed E-state index contributed by atoms with van der Waals surface area (Å²) in [6, 6.07) is 15.4. The molecule has 1 N–H and O–H groups in total. The highest BCUT2D eigenvalue weighted by atomic mass is 16.5. The van der Waals surface area contributed by atoms with E-state index in [1.54, 1.807) is 0 Å². The molecule has 0 atom stereocenters. The maximum absolute atomic E-state index is 8.60. The summed E-state index contributed by atoms with van der Waals surface area (Å²) in [4.78, 5) is 0. The maximum Gasteiger partial charge on any atom is 0.128 e. The highest BCUT2D eigenvalue weighted by Crippen LogP contribution is 2.16. The van der Waals surface area contributed by atoms with Gasteiger partial charge in [-0.25, -0.2) is 0 Å². The average Bonchev–Trinajstić information content (AvgIpc) is 2.54. The van der Waals surface area contributed by atoms with Crippen molar-refractivity contribution in [3.05, 3.63) is 59.7 Å². The van der Waals surface area contributed by atoms with Crippen LogP contribution >= 0.6 is 0 Å². The summed E-state index contributed by atoms with van der Waals surface area (Å²) in [6.07, 6.45) is 2.37. The summed E-state index contributed by atoms with van der Waals surface area (Å²) < 4.78 is 11.2. The van der Waals surface area contributed by atoms with Gasteiger partial charge in [0.1, 0.15) is 24.7 Å². The van der Waals surface area contributed by atoms with E-state index in [2.05, 4.69) is 24.2 Å². The molecule has 0 heterocycles. The molecule has 0 aliphatic rings. The second-order valence-corrected chi connectivity index (χ2v) is 4.48. The highest BCUT2D eigenvalue weighted by molar-refractivity contribution is 5.82. The van der Waals surface area contributed by atoms with E-state index in [0.29, 0.717) is 19.0 Å². The number of oxime groups is 1. The van der Waals surface area contributed by atoms with Crippen LogP contribution in [0, 0.1) is 0 Å². The normalized spacial score (nSPS) is 10.7. The van der Waals surface area contributed by atoms with E-state index < -0.39 is 0 Å². The predicted octanol–water partition coefficient (Wildman–Crippen LogP) is 3.51. The fraction of sp³-hybridized carbons (Fsp3) is 0.235. The molecule has 0 unspecified atom stereocenters. The van der Waals surface area contributed by atoms with Gasteiger partial charge in [0, 0.05) is 5.56 Å². The van der Waals surface area contributed by atoms with Crippen LogP contribution in [-0.2, 0) is 6.42 Å². The lowest BCUT2D eigenvalue weighted by Gasteiger charge is -2.10. The third-order valence-electron chi connectivity index (χ3n) is 3.06. The van der Waals surface area contributed by atoms with E-state index in [1.165, 1.54) is 11.8 Å². The summed E-state index contributed by atoms with van der Waals surface area (Å²) in [7, 11) is 0. The second-order valence-electron chi connectivity index (χ2n) is 4.48. The standard InChI is InChI=1S/C17H19NO3/c1-2-14-7-9-16(10-8-14)20-11-12-21-17-6-4-3-5-15(17)13-18-19/h3-10,13,19H,2,11-12H2,1H3. The Bertz CT molecular complexity index is 579. The fourth-order valence-corrected chi connectivity index (χ4v) is 1.91. The Balaban J connectivity index is 1.81. The van der Waals surface area contributed by atoms with Gasteiger partial charge in [-0.3, -0.25) is 0 Å². The Morgan fingerprint density at radius 2 is 1.71 bits per heavy atom. The van der Waals surface area contributed by atoms with Gasteiger partial charge in [-0.05, 0) is 36.2 Å². The minimum absolute atomic E-state index is 0.422. The number of nitrogens with zero attached hydrogens (tertiary/aromatic N) is 1. The molecular formula is C17H19NO3. The van der Waals surface area contributed by atoms with Crippen molar-refractivity contribution in [3.63, 3.8) is 0 Å². The zero-order valence-electron chi connectivity index (χ0n) is 12.0. The first-order valence-electron chi connectivity index (χ1n) is 6.94. The van der Waals surface area contributed by atoms with E-state index in [4.69, 9.17) is 14.7 Å². The number of rotatable bonds is 7. The summed E-state index contributed by atoms with van der Waals surface area (Å²) in [5.41, 5.74) is 2.02. The molecule has 0 saturated heterocycles. The van der Waals surface area contributed by atoms with Crippen molar-refractivity contribution in [3.8, 4) is 11.5 Å². The lowest BCUT2D eigenvalue weighted by atomic mass is 10.2. The quantitative estimate of drug-likeness (QED) is 0.366. The lowest BCUT2D eigenvalue weighted by molar-refractivity contribution is 0.217. The molecule has 2 rings (SSSR count). The zero-order chi connectivity index (χ0) is 14.9. The molecule has 0 aliphatic carbocycles. The first-order chi connectivity index (χ1) is 10.3. The molecule has 0 saturated carbocycles. The minimum Gasteiger partial charge on any atom is -0.490 e. The van der Waals surface area contributed by atoms with Gasteiger partial charge in [0.15, 0.2) is 0 Å². The van der Waals surface area contributed by atoms with E-state index in [9.17, 15) is 0 Å². The molecule has 4 heteroatoms. The van der Waals surface area contributed by atoms with Crippen molar-refractivity contribution in [1.82, 2.24) is 0 Å². The molecule has 0 amide bonds. The summed E-state index contributed by atoms with van der Waals surface area (Å²) in [6.45, 7) is 3.00. The van der Waals surface area contributed by atoms with E-state index in [1.807, 2.05) is 36.4 Å². The molecule has 0 aromatic heterocycles. The molecule has 2 aromatic rings. The van der Waals surface area contributed by atoms with Crippen LogP contribution in [0.1, 0.15) is 18.1 Å². The van der Waals surface area contributed by atoms with Gasteiger partial charge in [0.2, 0.25) is 0 Å². The Morgan fingerprint density at radius 1 is 1.00 bits per heavy atom. The number of hydrogen-bond acceptors (Lipinski definition) is 4. The largest absolute Gasteiger partial charge is 0.490 e. The molecule has 21 heavy (non-hydrogen) atoms. The van der Waals surface area contributed by atoms with E-state index in [-0.39, 0.29) is 0 Å². The Labute approximate surface area is 124 Å². The van der Waals surface area contributed by atoms with Crippen LogP contribution in [0.3, 0.4) is 0 Å². The smallest absolute Gasteiger partial charge is 0.128 e. The highest BCUT2D eigenvalue weighted by Gasteiger charge is 2.01. The van der Waals surface area contributed by atoms with Crippen molar-refractivity contribution in [2.75, 3.05) is 13.2 Å². The van der Waals surface area contributed by atoms with Gasteiger partial charge >= 0.3 is 0 Å². The molecule has 0 radical (unpaired) electrons. The minimum atomic E-state index is 0.422. The Hall–Kier alpha value is -2.49. The number of ether oxygens (including phenoxy) is 2. The molecule has 2 aromatic carbocycles. The molecule has 0 bridgehead atoms. The maximum atomic E-state index is 8.60. The van der Waals surface area contributed by atoms with Crippen LogP contribution < -0.4 is 9.47 Å². The van der Waals surface area contributed by atoms with Gasteiger partial charge < -0.3 is 14.7 Å². The Kier molecular flexibility index (Phi) is 5.64.